The Hall–Kier alpha value is -4.50. The molecule has 0 saturated carbocycles. The first-order valence-corrected chi connectivity index (χ1v) is 15.3. The first kappa shape index (κ1) is 30.9. The van der Waals surface area contributed by atoms with Crippen LogP contribution < -0.4 is 10.6 Å². The van der Waals surface area contributed by atoms with E-state index in [2.05, 4.69) is 10.6 Å². The second kappa shape index (κ2) is 14.8. The molecule has 0 aliphatic carbocycles. The van der Waals surface area contributed by atoms with Crippen molar-refractivity contribution in [3.63, 3.8) is 0 Å². The van der Waals surface area contributed by atoms with Gasteiger partial charge in [0.1, 0.15) is 12.6 Å². The minimum atomic E-state index is -1.16. The molecule has 3 N–H and O–H groups in total. The van der Waals surface area contributed by atoms with Crippen molar-refractivity contribution in [2.24, 2.45) is 5.92 Å². The number of hydrogen-bond donors (Lipinski definition) is 3. The standard InChI is InChI=1S/C35H39N3O6/c39-22-30-19-26-12-8-9-14-28(26)21-38(30)32(40)20-27-13-4-2-1-3-5-15-33(41)44-23-31(37-34(27)42)35(43)36-29-17-16-24-10-6-7-11-25(24)18-29/h2,4,6-12,14,16-18,27,30-31,39H,1,3,5,13,15,19-23H2,(H,36,43)(H,37,42). The first-order chi connectivity index (χ1) is 21.4. The molecule has 230 valence electrons. The highest BCUT2D eigenvalue weighted by molar-refractivity contribution is 5.99. The molecule has 2 aliphatic heterocycles. The number of rotatable bonds is 5. The Morgan fingerprint density at radius 2 is 1.73 bits per heavy atom. The lowest BCUT2D eigenvalue weighted by atomic mass is 9.92. The normalized spacial score (nSPS) is 21.5. The summed E-state index contributed by atoms with van der Waals surface area (Å²) in [5, 5.41) is 17.6. The second-order valence-electron chi connectivity index (χ2n) is 11.5. The van der Waals surface area contributed by atoms with Crippen LogP contribution in [0.5, 0.6) is 0 Å². The van der Waals surface area contributed by atoms with Gasteiger partial charge in [-0.25, -0.2) is 0 Å². The van der Waals surface area contributed by atoms with Crippen LogP contribution in [0.25, 0.3) is 10.8 Å². The van der Waals surface area contributed by atoms with Gasteiger partial charge in [0, 0.05) is 25.1 Å². The van der Waals surface area contributed by atoms with Gasteiger partial charge in [-0.2, -0.15) is 0 Å². The molecular weight excluding hydrogens is 558 g/mol. The zero-order valence-corrected chi connectivity index (χ0v) is 24.7. The number of carbonyl (C=O) groups excluding carboxylic acids is 4. The van der Waals surface area contributed by atoms with Crippen molar-refractivity contribution in [1.82, 2.24) is 10.2 Å². The second-order valence-corrected chi connectivity index (χ2v) is 11.5. The molecule has 0 fully saturated rings. The van der Waals surface area contributed by atoms with Crippen molar-refractivity contribution in [3.05, 3.63) is 90.0 Å². The third-order valence-electron chi connectivity index (χ3n) is 8.33. The minimum Gasteiger partial charge on any atom is -0.463 e. The van der Waals surface area contributed by atoms with E-state index in [0.717, 1.165) is 34.7 Å². The smallest absolute Gasteiger partial charge is 0.305 e. The van der Waals surface area contributed by atoms with E-state index in [-0.39, 0.29) is 38.0 Å². The number of allylic oxidation sites excluding steroid dienone is 2. The van der Waals surface area contributed by atoms with Gasteiger partial charge in [-0.3, -0.25) is 19.2 Å². The molecule has 0 saturated heterocycles. The average Bonchev–Trinajstić information content (AvgIpc) is 3.04. The summed E-state index contributed by atoms with van der Waals surface area (Å²) in [6.45, 7) is -0.146. The molecule has 44 heavy (non-hydrogen) atoms. The summed E-state index contributed by atoms with van der Waals surface area (Å²) >= 11 is 0. The van der Waals surface area contributed by atoms with Crippen molar-refractivity contribution in [1.29, 1.82) is 0 Å². The van der Waals surface area contributed by atoms with Gasteiger partial charge in [0.25, 0.3) is 5.91 Å². The number of esters is 1. The van der Waals surface area contributed by atoms with Crippen LogP contribution >= 0.6 is 0 Å². The molecule has 0 spiro atoms. The molecule has 9 heteroatoms. The largest absolute Gasteiger partial charge is 0.463 e. The third-order valence-corrected chi connectivity index (χ3v) is 8.33. The van der Waals surface area contributed by atoms with Crippen LogP contribution in [0.15, 0.2) is 78.9 Å². The highest BCUT2D eigenvalue weighted by Crippen LogP contribution is 2.26. The maximum absolute atomic E-state index is 13.7. The number of nitrogens with zero attached hydrogens (tertiary/aromatic N) is 1. The van der Waals surface area contributed by atoms with Gasteiger partial charge in [-0.15, -0.1) is 0 Å². The van der Waals surface area contributed by atoms with E-state index >= 15 is 0 Å². The molecule has 5 rings (SSSR count). The number of aliphatic hydroxyl groups excluding tert-OH is 1. The van der Waals surface area contributed by atoms with E-state index in [1.165, 1.54) is 0 Å². The lowest BCUT2D eigenvalue weighted by Gasteiger charge is -2.36. The number of aliphatic hydroxyl groups is 1. The Kier molecular flexibility index (Phi) is 10.4. The number of carbonyl (C=O) groups is 4. The zero-order chi connectivity index (χ0) is 30.9. The molecule has 3 aromatic rings. The van der Waals surface area contributed by atoms with Gasteiger partial charge < -0.3 is 25.4 Å². The lowest BCUT2D eigenvalue weighted by molar-refractivity contribution is -0.146. The van der Waals surface area contributed by atoms with Crippen LogP contribution in [0.1, 0.15) is 49.7 Å². The number of nitrogens with one attached hydrogen (secondary N) is 2. The molecule has 3 amide bonds. The quantitative estimate of drug-likeness (QED) is 0.298. The topological polar surface area (TPSA) is 125 Å². The number of hydrogen-bond acceptors (Lipinski definition) is 6. The summed E-state index contributed by atoms with van der Waals surface area (Å²) in [5.41, 5.74) is 2.67. The minimum absolute atomic E-state index is 0.0896. The molecular formula is C35H39N3O6. The molecule has 3 atom stereocenters. The van der Waals surface area contributed by atoms with E-state index in [9.17, 15) is 24.3 Å². The average molecular weight is 598 g/mol. The SMILES string of the molecule is O=C1CCCCC=CCC(CC(=O)N2Cc3ccccc3CC2CO)C(=O)NC(C(=O)Nc2ccc3ccccc3c2)CO1. The van der Waals surface area contributed by atoms with E-state index in [4.69, 9.17) is 4.74 Å². The summed E-state index contributed by atoms with van der Waals surface area (Å²) in [7, 11) is 0. The highest BCUT2D eigenvalue weighted by atomic mass is 16.5. The fourth-order valence-corrected chi connectivity index (χ4v) is 5.78. The number of ether oxygens (including phenoxy) is 1. The fraction of sp³-hybridized carbons (Fsp3) is 0.371. The molecule has 0 aromatic heterocycles. The Balaban J connectivity index is 1.33. The van der Waals surface area contributed by atoms with Gasteiger partial charge >= 0.3 is 5.97 Å². The predicted octanol–water partition coefficient (Wildman–Crippen LogP) is 4.28. The number of fused-ring (bicyclic) bond motifs is 2. The molecule has 3 aromatic carbocycles. The Morgan fingerprint density at radius 1 is 0.955 bits per heavy atom. The lowest BCUT2D eigenvalue weighted by Crippen LogP contribution is -2.50. The molecule has 0 bridgehead atoms. The van der Waals surface area contributed by atoms with Gasteiger partial charge in [0.05, 0.1) is 18.6 Å². The predicted molar refractivity (Wildman–Crippen MR) is 167 cm³/mol. The maximum Gasteiger partial charge on any atom is 0.305 e. The number of amides is 3. The van der Waals surface area contributed by atoms with Crippen molar-refractivity contribution >= 4 is 40.2 Å². The molecule has 2 aliphatic rings. The van der Waals surface area contributed by atoms with Crippen LogP contribution in [0.2, 0.25) is 0 Å². The van der Waals surface area contributed by atoms with Crippen molar-refractivity contribution in [3.8, 4) is 0 Å². The Bertz CT molecular complexity index is 1540. The van der Waals surface area contributed by atoms with Crippen molar-refractivity contribution in [2.45, 2.75) is 63.6 Å². The van der Waals surface area contributed by atoms with E-state index in [1.807, 2.05) is 72.8 Å². The number of benzene rings is 3. The molecule has 9 nitrogen and oxygen atoms in total. The monoisotopic (exact) mass is 597 g/mol. The van der Waals surface area contributed by atoms with Gasteiger partial charge in [-0.1, -0.05) is 66.7 Å². The molecule has 3 unspecified atom stereocenters. The van der Waals surface area contributed by atoms with Crippen LogP contribution in [0, 0.1) is 5.92 Å². The van der Waals surface area contributed by atoms with Crippen LogP contribution in [0.3, 0.4) is 0 Å². The van der Waals surface area contributed by atoms with Gasteiger partial charge in [-0.05, 0) is 66.1 Å². The summed E-state index contributed by atoms with van der Waals surface area (Å²) < 4.78 is 5.41. The van der Waals surface area contributed by atoms with E-state index in [1.54, 1.807) is 11.0 Å². The Morgan fingerprint density at radius 3 is 2.55 bits per heavy atom. The molecule has 2 heterocycles. The third kappa shape index (κ3) is 7.90. The summed E-state index contributed by atoms with van der Waals surface area (Å²) in [5.74, 6) is -2.44. The van der Waals surface area contributed by atoms with Crippen LogP contribution in [0.4, 0.5) is 5.69 Å². The van der Waals surface area contributed by atoms with E-state index < -0.39 is 29.7 Å². The van der Waals surface area contributed by atoms with Gasteiger partial charge in [0.2, 0.25) is 11.8 Å². The summed E-state index contributed by atoms with van der Waals surface area (Å²) in [6.07, 6.45) is 6.99. The number of anilines is 1. The van der Waals surface area contributed by atoms with Gasteiger partial charge in [0.15, 0.2) is 0 Å². The Labute approximate surface area is 257 Å². The summed E-state index contributed by atoms with van der Waals surface area (Å²) in [6, 6.07) is 19.6. The van der Waals surface area contributed by atoms with Crippen molar-refractivity contribution < 1.29 is 29.0 Å². The first-order valence-electron chi connectivity index (χ1n) is 15.3. The zero-order valence-electron chi connectivity index (χ0n) is 24.7. The number of cyclic esters (lactones) is 1. The molecule has 0 radical (unpaired) electrons. The van der Waals surface area contributed by atoms with Crippen LogP contribution in [-0.2, 0) is 36.9 Å². The van der Waals surface area contributed by atoms with Crippen molar-refractivity contribution in [2.75, 3.05) is 18.5 Å². The summed E-state index contributed by atoms with van der Waals surface area (Å²) in [4.78, 5) is 54.8. The van der Waals surface area contributed by atoms with E-state index in [0.29, 0.717) is 31.5 Å². The maximum atomic E-state index is 13.7. The fourth-order valence-electron chi connectivity index (χ4n) is 5.78. The highest BCUT2D eigenvalue weighted by Gasteiger charge is 2.33. The van der Waals surface area contributed by atoms with Crippen LogP contribution in [-0.4, -0.2) is 59.0 Å².